The van der Waals surface area contributed by atoms with Gasteiger partial charge in [-0.3, -0.25) is 9.89 Å². The number of rotatable bonds is 10. The summed E-state index contributed by atoms with van der Waals surface area (Å²) in [5, 5.41) is 33.6. The third kappa shape index (κ3) is 5.50. The van der Waals surface area contributed by atoms with E-state index in [2.05, 4.69) is 14.7 Å². The van der Waals surface area contributed by atoms with Crippen LogP contribution in [0.25, 0.3) is 0 Å². The van der Waals surface area contributed by atoms with E-state index < -0.39 is 53.6 Å². The fourth-order valence-electron chi connectivity index (χ4n) is 2.73. The highest BCUT2D eigenvalue weighted by Gasteiger charge is 2.46. The topological polar surface area (TPSA) is 202 Å². The first-order chi connectivity index (χ1) is 13.7. The lowest BCUT2D eigenvalue weighted by molar-refractivity contribution is -0.0569. The molecule has 5 atom stereocenters. The number of nitrogens with zero attached hydrogens (tertiary/aromatic N) is 1. The van der Waals surface area contributed by atoms with Crippen molar-refractivity contribution >= 4 is 45.7 Å². The molecule has 0 bridgehead atoms. The molecule has 1 aromatic rings. The molecule has 1 aromatic heterocycles. The average molecular weight is 468 g/mol. The van der Waals surface area contributed by atoms with Crippen LogP contribution in [0.3, 0.4) is 0 Å². The number of aromatic nitrogens is 2. The Bertz CT molecular complexity index is 861. The minimum atomic E-state index is -2.72. The summed E-state index contributed by atoms with van der Waals surface area (Å²) in [4.78, 5) is 12.8. The van der Waals surface area contributed by atoms with Crippen LogP contribution < -0.4 is 16.6 Å². The maximum atomic E-state index is 12.8. The molecule has 13 nitrogen and oxygen atoms in total. The fourth-order valence-corrected chi connectivity index (χ4v) is 3.51. The molecule has 0 aliphatic carbocycles. The van der Waals surface area contributed by atoms with E-state index in [1.807, 2.05) is 6.92 Å². The number of nitrogens with two attached hydrogens (primary N) is 1. The van der Waals surface area contributed by atoms with Crippen molar-refractivity contribution in [3.63, 3.8) is 0 Å². The zero-order valence-corrected chi connectivity index (χ0v) is 17.7. The molecule has 1 fully saturated rings. The van der Waals surface area contributed by atoms with E-state index in [4.69, 9.17) is 32.6 Å². The van der Waals surface area contributed by atoms with Gasteiger partial charge in [-0.25, -0.2) is 9.25 Å². The van der Waals surface area contributed by atoms with E-state index >= 15 is 0 Å². The van der Waals surface area contributed by atoms with Gasteiger partial charge in [-0.15, -0.1) is 4.52 Å². The normalized spacial score (nSPS) is 24.6. The second-order valence-electron chi connectivity index (χ2n) is 5.98. The van der Waals surface area contributed by atoms with Gasteiger partial charge in [0.05, 0.1) is 5.71 Å². The van der Waals surface area contributed by atoms with Crippen molar-refractivity contribution in [2.75, 3.05) is 11.9 Å². The number of aromatic amines is 1. The van der Waals surface area contributed by atoms with Crippen LogP contribution in [0, 0.1) is 5.41 Å². The molecule has 0 aromatic carbocycles. The van der Waals surface area contributed by atoms with Crippen molar-refractivity contribution in [3.8, 4) is 0 Å². The monoisotopic (exact) mass is 468 g/mol. The summed E-state index contributed by atoms with van der Waals surface area (Å²) < 4.78 is 36.8. The van der Waals surface area contributed by atoms with Gasteiger partial charge < -0.3 is 31.4 Å². The lowest BCUT2D eigenvalue weighted by Crippen LogP contribution is -2.35. The highest BCUT2D eigenvalue weighted by Crippen LogP contribution is 2.34. The van der Waals surface area contributed by atoms with E-state index in [0.29, 0.717) is 12.8 Å². The second kappa shape index (κ2) is 10.4. The molecule has 29 heavy (non-hydrogen) atoms. The zero-order valence-electron chi connectivity index (χ0n) is 15.1. The van der Waals surface area contributed by atoms with E-state index in [0.717, 1.165) is 4.68 Å². The molecule has 7 N–H and O–H groups in total. The first kappa shape index (κ1) is 23.6. The van der Waals surface area contributed by atoms with Gasteiger partial charge in [-0.05, 0) is 22.9 Å². The molecule has 0 spiro atoms. The second-order valence-corrected chi connectivity index (χ2v) is 7.92. The van der Waals surface area contributed by atoms with Crippen molar-refractivity contribution in [2.45, 2.75) is 44.3 Å². The number of hydrogen-bond acceptors (Lipinski definition) is 10. The van der Waals surface area contributed by atoms with Gasteiger partial charge >= 0.3 is 16.9 Å². The maximum Gasteiger partial charge on any atom is 0.709 e. The number of thiocarbonyl (C=S) groups is 1. The van der Waals surface area contributed by atoms with E-state index in [1.165, 1.54) is 0 Å². The summed E-state index contributed by atoms with van der Waals surface area (Å²) in [5.41, 5.74) is 4.85. The molecule has 0 radical (unpaired) electrons. The third-order valence-electron chi connectivity index (χ3n) is 4.00. The minimum Gasteiger partial charge on any atom is -0.387 e. The van der Waals surface area contributed by atoms with Crippen LogP contribution >= 0.6 is 29.2 Å². The van der Waals surface area contributed by atoms with Crippen molar-refractivity contribution in [3.05, 3.63) is 16.0 Å². The first-order valence-electron chi connectivity index (χ1n) is 8.31. The number of ether oxygens (including phenoxy) is 1. The molecular formula is C13H20N5O8P2S+. The molecular weight excluding hydrogens is 448 g/mol. The van der Waals surface area contributed by atoms with Crippen molar-refractivity contribution in [1.82, 2.24) is 9.78 Å². The number of hydrogen-bond donors (Lipinski definition) is 6. The summed E-state index contributed by atoms with van der Waals surface area (Å²) in [6, 6.07) is 0. The Morgan fingerprint density at radius 3 is 2.79 bits per heavy atom. The molecule has 0 saturated carbocycles. The van der Waals surface area contributed by atoms with Gasteiger partial charge in [0.25, 0.3) is 5.56 Å². The summed E-state index contributed by atoms with van der Waals surface area (Å²) >= 11 is 4.77. The lowest BCUT2D eigenvalue weighted by atomic mass is 10.1. The number of H-pyrrole nitrogens is 1. The SMILES string of the molecule is CCCC(=N)c1[nH]n(C2OC(CO[P+](=O)OP=O)C(O)C2O)c(=O)c1NC(N)=S. The predicted molar refractivity (Wildman–Crippen MR) is 105 cm³/mol. The van der Waals surface area contributed by atoms with Crippen LogP contribution in [0.15, 0.2) is 4.79 Å². The Morgan fingerprint density at radius 2 is 2.21 bits per heavy atom. The quantitative estimate of drug-likeness (QED) is 0.159. The Hall–Kier alpha value is -1.63. The van der Waals surface area contributed by atoms with Crippen LogP contribution in [0.5, 0.6) is 0 Å². The number of anilines is 1. The van der Waals surface area contributed by atoms with Crippen LogP contribution in [0.2, 0.25) is 0 Å². The Labute approximate surface area is 172 Å². The van der Waals surface area contributed by atoms with Gasteiger partial charge in [0.15, 0.2) is 11.3 Å². The molecule has 160 valence electrons. The number of aliphatic hydroxyl groups is 2. The van der Waals surface area contributed by atoms with Crippen LogP contribution in [0.1, 0.15) is 31.7 Å². The third-order valence-corrected chi connectivity index (χ3v) is 5.26. The molecule has 5 unspecified atom stereocenters. The van der Waals surface area contributed by atoms with E-state index in [1.54, 1.807) is 0 Å². The standard InChI is InChI=1S/C13H19N5O8P2S/c1-2-3-5(14)7-8(16-13(15)29)11(21)18(17-7)12-10(20)9(19)6(25-12)4-24-28(23)26-27-22/h6,9-10,12,19-20H,2-4H2,1H3,(H4-,14,15,16,17,21,29)/p+1. The van der Waals surface area contributed by atoms with Crippen LogP contribution in [0.4, 0.5) is 5.69 Å². The summed E-state index contributed by atoms with van der Waals surface area (Å²) in [6.07, 6.45) is -4.58. The first-order valence-corrected chi connectivity index (χ1v) is 10.5. The number of aliphatic hydroxyl groups excluding tert-OH is 2. The Kier molecular flexibility index (Phi) is 8.49. The van der Waals surface area contributed by atoms with Crippen LogP contribution in [-0.4, -0.2) is 55.7 Å². The summed E-state index contributed by atoms with van der Waals surface area (Å²) in [6.45, 7) is 1.39. The fraction of sp³-hybridized carbons (Fsp3) is 0.615. The molecule has 1 aliphatic rings. The molecule has 0 amide bonds. The van der Waals surface area contributed by atoms with Crippen LogP contribution in [-0.2, 0) is 22.7 Å². The average Bonchev–Trinajstić information content (AvgIpc) is 3.11. The molecule has 1 saturated heterocycles. The lowest BCUT2D eigenvalue weighted by Gasteiger charge is -2.15. The summed E-state index contributed by atoms with van der Waals surface area (Å²) in [5.74, 6) is 0. The van der Waals surface area contributed by atoms with Gasteiger partial charge in [-0.1, -0.05) is 13.3 Å². The summed E-state index contributed by atoms with van der Waals surface area (Å²) in [7, 11) is -3.57. The van der Waals surface area contributed by atoms with Gasteiger partial charge in [-0.2, -0.15) is 0 Å². The smallest absolute Gasteiger partial charge is 0.387 e. The minimum absolute atomic E-state index is 0.0909. The van der Waals surface area contributed by atoms with Crippen molar-refractivity contribution < 1.29 is 32.9 Å². The van der Waals surface area contributed by atoms with Gasteiger partial charge in [0.2, 0.25) is 0 Å². The zero-order chi connectivity index (χ0) is 21.7. The Balaban J connectivity index is 2.29. The van der Waals surface area contributed by atoms with E-state index in [9.17, 15) is 24.1 Å². The Morgan fingerprint density at radius 1 is 1.52 bits per heavy atom. The highest BCUT2D eigenvalue weighted by atomic mass is 32.1. The van der Waals surface area contributed by atoms with Crippen molar-refractivity contribution in [2.24, 2.45) is 5.73 Å². The number of nitrogens with one attached hydrogen (secondary N) is 3. The van der Waals surface area contributed by atoms with Gasteiger partial charge in [0, 0.05) is 4.57 Å². The van der Waals surface area contributed by atoms with Gasteiger partial charge in [0.1, 0.15) is 36.3 Å². The maximum absolute atomic E-state index is 12.8. The molecule has 2 rings (SSSR count). The highest BCUT2D eigenvalue weighted by molar-refractivity contribution is 7.80. The van der Waals surface area contributed by atoms with E-state index in [-0.39, 0.29) is 22.2 Å². The molecule has 2 heterocycles. The molecule has 16 heteroatoms. The molecule has 1 aliphatic heterocycles. The predicted octanol–water partition coefficient (Wildman–Crippen LogP) is 0.516. The largest absolute Gasteiger partial charge is 0.709 e. The van der Waals surface area contributed by atoms with Crippen molar-refractivity contribution in [1.29, 1.82) is 5.41 Å².